The van der Waals surface area contributed by atoms with Crippen molar-refractivity contribution in [2.24, 2.45) is 0 Å². The molecule has 1 atom stereocenters. The van der Waals surface area contributed by atoms with Crippen molar-refractivity contribution in [3.05, 3.63) is 83.3 Å². The first-order chi connectivity index (χ1) is 12.8. The number of nitrogens with zero attached hydrogens (tertiary/aromatic N) is 3. The van der Waals surface area contributed by atoms with Gasteiger partial charge in [-0.15, -0.1) is 0 Å². The van der Waals surface area contributed by atoms with E-state index in [2.05, 4.69) is 27.2 Å². The van der Waals surface area contributed by atoms with E-state index in [9.17, 15) is 4.39 Å². The molecule has 0 saturated carbocycles. The van der Waals surface area contributed by atoms with Crippen LogP contribution in [0, 0.1) is 5.82 Å². The predicted octanol–water partition coefficient (Wildman–Crippen LogP) is 4.18. The van der Waals surface area contributed by atoms with Gasteiger partial charge in [0.15, 0.2) is 5.82 Å². The Hall–Kier alpha value is -2.53. The monoisotopic (exact) mass is 351 g/mol. The lowest BCUT2D eigenvalue weighted by Crippen LogP contribution is -2.19. The maximum Gasteiger partial charge on any atom is 0.234 e. The summed E-state index contributed by atoms with van der Waals surface area (Å²) in [5, 5.41) is 4.17. The van der Waals surface area contributed by atoms with Crippen molar-refractivity contribution in [3.63, 3.8) is 0 Å². The van der Waals surface area contributed by atoms with Gasteiger partial charge in [-0.3, -0.25) is 4.90 Å². The highest BCUT2D eigenvalue weighted by molar-refractivity contribution is 5.29. The number of benzene rings is 2. The second-order valence-corrected chi connectivity index (χ2v) is 6.83. The van der Waals surface area contributed by atoms with E-state index in [1.807, 2.05) is 24.3 Å². The molecule has 0 aliphatic carbocycles. The van der Waals surface area contributed by atoms with Crippen molar-refractivity contribution in [1.29, 1.82) is 0 Å². The molecule has 2 aromatic carbocycles. The quantitative estimate of drug-likeness (QED) is 0.668. The van der Waals surface area contributed by atoms with Crippen LogP contribution in [0.4, 0.5) is 4.39 Å². The summed E-state index contributed by atoms with van der Waals surface area (Å²) in [4.78, 5) is 6.97. The molecule has 1 aliphatic rings. The SMILES string of the molecule is Fc1cccc(C(Cc2ccccc2)c2nc(CN3CCCC3)no2)c1. The zero-order chi connectivity index (χ0) is 17.8. The van der Waals surface area contributed by atoms with E-state index in [1.165, 1.54) is 18.9 Å². The third kappa shape index (κ3) is 3.99. The lowest BCUT2D eigenvalue weighted by Gasteiger charge is -2.14. The van der Waals surface area contributed by atoms with E-state index >= 15 is 0 Å². The van der Waals surface area contributed by atoms with Crippen molar-refractivity contribution in [1.82, 2.24) is 15.0 Å². The molecule has 1 aliphatic heterocycles. The lowest BCUT2D eigenvalue weighted by molar-refractivity contribution is 0.308. The van der Waals surface area contributed by atoms with Gasteiger partial charge < -0.3 is 4.52 Å². The van der Waals surface area contributed by atoms with E-state index < -0.39 is 0 Å². The molecule has 0 spiro atoms. The molecule has 1 fully saturated rings. The van der Waals surface area contributed by atoms with E-state index in [-0.39, 0.29) is 11.7 Å². The van der Waals surface area contributed by atoms with Gasteiger partial charge in [-0.25, -0.2) is 4.39 Å². The van der Waals surface area contributed by atoms with Crippen LogP contribution in [-0.4, -0.2) is 28.1 Å². The maximum atomic E-state index is 13.8. The van der Waals surface area contributed by atoms with Crippen LogP contribution in [0.25, 0.3) is 0 Å². The fourth-order valence-electron chi connectivity index (χ4n) is 3.53. The van der Waals surface area contributed by atoms with Gasteiger partial charge in [0.05, 0.1) is 12.5 Å². The lowest BCUT2D eigenvalue weighted by atomic mass is 9.92. The highest BCUT2D eigenvalue weighted by Crippen LogP contribution is 2.28. The smallest absolute Gasteiger partial charge is 0.234 e. The molecular formula is C21H22FN3O. The molecule has 4 rings (SSSR count). The summed E-state index contributed by atoms with van der Waals surface area (Å²) in [6.07, 6.45) is 3.14. The molecule has 0 N–H and O–H groups in total. The highest BCUT2D eigenvalue weighted by atomic mass is 19.1. The Balaban J connectivity index is 1.60. The number of rotatable bonds is 6. The molecule has 0 radical (unpaired) electrons. The summed E-state index contributed by atoms with van der Waals surface area (Å²) in [6, 6.07) is 16.8. The van der Waals surface area contributed by atoms with Crippen LogP contribution in [-0.2, 0) is 13.0 Å². The molecule has 134 valence electrons. The van der Waals surface area contributed by atoms with Gasteiger partial charge in [-0.2, -0.15) is 4.98 Å². The van der Waals surface area contributed by atoms with Crippen molar-refractivity contribution in [2.45, 2.75) is 31.7 Å². The Morgan fingerprint density at radius 3 is 2.62 bits per heavy atom. The minimum atomic E-state index is -0.252. The minimum Gasteiger partial charge on any atom is -0.339 e. The third-order valence-electron chi connectivity index (χ3n) is 4.88. The van der Waals surface area contributed by atoms with E-state index in [1.54, 1.807) is 12.1 Å². The summed E-state index contributed by atoms with van der Waals surface area (Å²) in [5.74, 6) is 0.843. The first kappa shape index (κ1) is 16.9. The van der Waals surface area contributed by atoms with Crippen molar-refractivity contribution in [3.8, 4) is 0 Å². The van der Waals surface area contributed by atoms with Crippen LogP contribution < -0.4 is 0 Å². The molecule has 2 heterocycles. The molecule has 3 aromatic rings. The Labute approximate surface area is 152 Å². The summed E-state index contributed by atoms with van der Waals surface area (Å²) >= 11 is 0. The normalized spacial score (nSPS) is 16.0. The first-order valence-electron chi connectivity index (χ1n) is 9.12. The molecule has 0 bridgehead atoms. The topological polar surface area (TPSA) is 42.2 Å². The van der Waals surface area contributed by atoms with Gasteiger partial charge in [0.2, 0.25) is 5.89 Å². The Kier molecular flexibility index (Phi) is 5.07. The highest BCUT2D eigenvalue weighted by Gasteiger charge is 2.23. The number of likely N-dealkylation sites (tertiary alicyclic amines) is 1. The van der Waals surface area contributed by atoms with Crippen molar-refractivity contribution in [2.75, 3.05) is 13.1 Å². The molecule has 5 heteroatoms. The second kappa shape index (κ2) is 7.79. The molecular weight excluding hydrogens is 329 g/mol. The summed E-state index contributed by atoms with van der Waals surface area (Å²) < 4.78 is 19.4. The zero-order valence-corrected chi connectivity index (χ0v) is 14.6. The van der Waals surface area contributed by atoms with Gasteiger partial charge in [0, 0.05) is 0 Å². The standard InChI is InChI=1S/C21H22FN3O/c22-18-10-6-9-17(14-18)19(13-16-7-2-1-3-8-16)21-23-20(24-26-21)15-25-11-4-5-12-25/h1-3,6-10,14,19H,4-5,11-13,15H2. The number of halogens is 1. The molecule has 0 amide bonds. The summed E-state index contributed by atoms with van der Waals surface area (Å²) in [5.41, 5.74) is 2.01. The van der Waals surface area contributed by atoms with Crippen LogP contribution in [0.2, 0.25) is 0 Å². The molecule has 1 saturated heterocycles. The van der Waals surface area contributed by atoms with Gasteiger partial charge in [0.25, 0.3) is 0 Å². The molecule has 4 nitrogen and oxygen atoms in total. The zero-order valence-electron chi connectivity index (χ0n) is 14.6. The van der Waals surface area contributed by atoms with Gasteiger partial charge in [-0.05, 0) is 55.6 Å². The Morgan fingerprint density at radius 1 is 1.04 bits per heavy atom. The van der Waals surface area contributed by atoms with E-state index in [0.717, 1.165) is 24.2 Å². The van der Waals surface area contributed by atoms with Gasteiger partial charge in [0.1, 0.15) is 5.82 Å². The van der Waals surface area contributed by atoms with Crippen LogP contribution in [0.5, 0.6) is 0 Å². The largest absolute Gasteiger partial charge is 0.339 e. The van der Waals surface area contributed by atoms with Crippen LogP contribution >= 0.6 is 0 Å². The Bertz CT molecular complexity index is 843. The Morgan fingerprint density at radius 2 is 1.85 bits per heavy atom. The van der Waals surface area contributed by atoms with Crippen LogP contribution in [0.15, 0.2) is 59.1 Å². The summed E-state index contributed by atoms with van der Waals surface area (Å²) in [6.45, 7) is 2.88. The summed E-state index contributed by atoms with van der Waals surface area (Å²) in [7, 11) is 0. The van der Waals surface area contributed by atoms with Crippen molar-refractivity contribution < 1.29 is 8.91 Å². The average Bonchev–Trinajstić information content (AvgIpc) is 3.33. The molecule has 1 unspecified atom stereocenters. The van der Waals surface area contributed by atoms with E-state index in [4.69, 9.17) is 4.52 Å². The minimum absolute atomic E-state index is 0.159. The number of hydrogen-bond acceptors (Lipinski definition) is 4. The van der Waals surface area contributed by atoms with Gasteiger partial charge in [-0.1, -0.05) is 47.6 Å². The predicted molar refractivity (Wildman–Crippen MR) is 97.2 cm³/mol. The number of aromatic nitrogens is 2. The van der Waals surface area contributed by atoms with Crippen LogP contribution in [0.3, 0.4) is 0 Å². The fourth-order valence-corrected chi connectivity index (χ4v) is 3.53. The van der Waals surface area contributed by atoms with Crippen molar-refractivity contribution >= 4 is 0 Å². The molecule has 1 aromatic heterocycles. The second-order valence-electron chi connectivity index (χ2n) is 6.83. The van der Waals surface area contributed by atoms with Crippen LogP contribution in [0.1, 0.15) is 41.6 Å². The van der Waals surface area contributed by atoms with E-state index in [0.29, 0.717) is 24.7 Å². The van der Waals surface area contributed by atoms with Gasteiger partial charge >= 0.3 is 0 Å². The maximum absolute atomic E-state index is 13.8. The number of hydrogen-bond donors (Lipinski definition) is 0. The fraction of sp³-hybridized carbons (Fsp3) is 0.333. The molecule has 26 heavy (non-hydrogen) atoms. The third-order valence-corrected chi connectivity index (χ3v) is 4.88. The first-order valence-corrected chi connectivity index (χ1v) is 9.12. The average molecular weight is 351 g/mol.